The van der Waals surface area contributed by atoms with Crippen LogP contribution in [0.2, 0.25) is 0 Å². The van der Waals surface area contributed by atoms with Crippen LogP contribution >= 0.6 is 0 Å². The molecule has 2 N–H and O–H groups in total. The normalized spacial score (nSPS) is 21.8. The fourth-order valence-electron chi connectivity index (χ4n) is 4.03. The highest BCUT2D eigenvalue weighted by atomic mass is 16.1. The molecule has 2 atom stereocenters. The minimum absolute atomic E-state index is 0.0801. The molecule has 2 aromatic carbocycles. The second-order valence-electron chi connectivity index (χ2n) is 7.72. The van der Waals surface area contributed by atoms with Gasteiger partial charge in [-0.15, -0.1) is 0 Å². The molecule has 0 fully saturated rings. The fourth-order valence-corrected chi connectivity index (χ4v) is 4.03. The van der Waals surface area contributed by atoms with Gasteiger partial charge in [0.15, 0.2) is 0 Å². The van der Waals surface area contributed by atoms with Gasteiger partial charge in [0, 0.05) is 30.6 Å². The van der Waals surface area contributed by atoms with Crippen molar-refractivity contribution < 1.29 is 4.79 Å². The van der Waals surface area contributed by atoms with Crippen molar-refractivity contribution in [1.29, 1.82) is 0 Å². The molecule has 2 unspecified atom stereocenters. The Balaban J connectivity index is 2.04. The number of carbonyl (C=O) groups is 1. The van der Waals surface area contributed by atoms with Crippen molar-refractivity contribution in [2.75, 3.05) is 11.9 Å². The summed E-state index contributed by atoms with van der Waals surface area (Å²) in [4.78, 5) is 12.3. The molecular formula is C24H32N2O. The number of anilines is 1. The van der Waals surface area contributed by atoms with Crippen molar-refractivity contribution in [3.8, 4) is 0 Å². The van der Waals surface area contributed by atoms with Gasteiger partial charge in [-0.1, -0.05) is 69.7 Å². The molecule has 3 rings (SSSR count). The minimum Gasteiger partial charge on any atom is -0.383 e. The Kier molecular flexibility index (Phi) is 6.33. The molecule has 3 heteroatoms. The number of carbonyl (C=O) groups excluding carboxylic acids is 1. The van der Waals surface area contributed by atoms with E-state index in [-0.39, 0.29) is 11.6 Å². The number of benzene rings is 2. The Hall–Kier alpha value is -2.13. The van der Waals surface area contributed by atoms with Gasteiger partial charge in [0.25, 0.3) is 0 Å². The highest BCUT2D eigenvalue weighted by Crippen LogP contribution is 2.36. The van der Waals surface area contributed by atoms with Crippen LogP contribution in [0, 0.1) is 0 Å². The first-order chi connectivity index (χ1) is 13.1. The summed E-state index contributed by atoms with van der Waals surface area (Å²) in [5.74, 6) is 0.315. The number of nitrogens with one attached hydrogen (secondary N) is 2. The maximum atomic E-state index is 12.3. The molecule has 0 aliphatic carbocycles. The predicted molar refractivity (Wildman–Crippen MR) is 113 cm³/mol. The summed E-state index contributed by atoms with van der Waals surface area (Å²) < 4.78 is 0. The molecule has 1 aliphatic rings. The molecule has 27 heavy (non-hydrogen) atoms. The molecule has 2 aromatic rings. The van der Waals surface area contributed by atoms with Gasteiger partial charge in [0.05, 0.1) is 6.04 Å². The first-order valence-corrected chi connectivity index (χ1v) is 10.3. The van der Waals surface area contributed by atoms with Gasteiger partial charge < -0.3 is 5.32 Å². The summed E-state index contributed by atoms with van der Waals surface area (Å²) in [6, 6.07) is 17.5. The van der Waals surface area contributed by atoms with Crippen LogP contribution in [0.3, 0.4) is 0 Å². The molecular weight excluding hydrogens is 332 g/mol. The van der Waals surface area contributed by atoms with Gasteiger partial charge in [0.1, 0.15) is 5.78 Å². The summed E-state index contributed by atoms with van der Waals surface area (Å²) in [7, 11) is 0. The zero-order chi connectivity index (χ0) is 19.3. The van der Waals surface area contributed by atoms with E-state index in [4.69, 9.17) is 0 Å². The molecule has 0 saturated heterocycles. The molecule has 1 aliphatic heterocycles. The summed E-state index contributed by atoms with van der Waals surface area (Å²) >= 11 is 0. The lowest BCUT2D eigenvalue weighted by Crippen LogP contribution is -2.51. The van der Waals surface area contributed by atoms with Crippen molar-refractivity contribution in [1.82, 2.24) is 5.32 Å². The number of fused-ring (bicyclic) bond motifs is 1. The zero-order valence-electron chi connectivity index (χ0n) is 16.8. The number of aryl methyl sites for hydroxylation is 1. The Labute approximate surface area is 163 Å². The zero-order valence-corrected chi connectivity index (χ0v) is 16.8. The van der Waals surface area contributed by atoms with Gasteiger partial charge in [-0.25, -0.2) is 0 Å². The van der Waals surface area contributed by atoms with Gasteiger partial charge in [-0.3, -0.25) is 10.1 Å². The Morgan fingerprint density at radius 3 is 2.56 bits per heavy atom. The van der Waals surface area contributed by atoms with Gasteiger partial charge in [-0.05, 0) is 35.6 Å². The van der Waals surface area contributed by atoms with Crippen molar-refractivity contribution in [2.24, 2.45) is 0 Å². The van der Waals surface area contributed by atoms with E-state index in [0.717, 1.165) is 25.8 Å². The fraction of sp³-hybridized carbons (Fsp3) is 0.458. The lowest BCUT2D eigenvalue weighted by atomic mass is 9.87. The highest BCUT2D eigenvalue weighted by molar-refractivity contribution is 5.79. The maximum absolute atomic E-state index is 12.3. The SMILES string of the molecule is CCCc1ccc2c(c1)NCC(CC)(CC(=O)CC)NC2c1ccccc1. The van der Waals surface area contributed by atoms with Crippen LogP contribution in [-0.4, -0.2) is 17.9 Å². The molecule has 1 heterocycles. The maximum Gasteiger partial charge on any atom is 0.134 e. The molecule has 0 bridgehead atoms. The van der Waals surface area contributed by atoms with E-state index in [9.17, 15) is 4.79 Å². The summed E-state index contributed by atoms with van der Waals surface area (Å²) in [6.07, 6.45) is 4.29. The number of hydrogen-bond donors (Lipinski definition) is 2. The largest absolute Gasteiger partial charge is 0.383 e. The van der Waals surface area contributed by atoms with E-state index in [1.165, 1.54) is 22.4 Å². The van der Waals surface area contributed by atoms with Crippen LogP contribution in [0.15, 0.2) is 48.5 Å². The lowest BCUT2D eigenvalue weighted by Gasteiger charge is -2.35. The molecule has 0 spiro atoms. The summed E-state index contributed by atoms with van der Waals surface area (Å²) in [5.41, 5.74) is 4.83. The first-order valence-electron chi connectivity index (χ1n) is 10.3. The Bertz CT molecular complexity index is 771. The van der Waals surface area contributed by atoms with Crippen LogP contribution in [-0.2, 0) is 11.2 Å². The van der Waals surface area contributed by atoms with Gasteiger partial charge in [-0.2, -0.15) is 0 Å². The van der Waals surface area contributed by atoms with E-state index < -0.39 is 0 Å². The molecule has 0 saturated carbocycles. The summed E-state index contributed by atoms with van der Waals surface area (Å²) in [5, 5.41) is 7.57. The third-order valence-corrected chi connectivity index (χ3v) is 5.77. The topological polar surface area (TPSA) is 41.1 Å². The lowest BCUT2D eigenvalue weighted by molar-refractivity contribution is -0.120. The van der Waals surface area contributed by atoms with E-state index in [1.54, 1.807) is 0 Å². The molecule has 0 amide bonds. The third-order valence-electron chi connectivity index (χ3n) is 5.77. The van der Waals surface area contributed by atoms with Crippen molar-refractivity contribution in [2.45, 2.75) is 64.5 Å². The van der Waals surface area contributed by atoms with Gasteiger partial charge in [0.2, 0.25) is 0 Å². The molecule has 0 aromatic heterocycles. The number of ketones is 1. The average Bonchev–Trinajstić information content (AvgIpc) is 2.86. The molecule has 0 radical (unpaired) electrons. The van der Waals surface area contributed by atoms with Crippen LogP contribution in [0.4, 0.5) is 5.69 Å². The van der Waals surface area contributed by atoms with E-state index in [1.807, 2.05) is 6.92 Å². The van der Waals surface area contributed by atoms with Crippen molar-refractivity contribution in [3.05, 3.63) is 65.2 Å². The minimum atomic E-state index is -0.239. The molecule has 3 nitrogen and oxygen atoms in total. The molecule has 144 valence electrons. The second-order valence-corrected chi connectivity index (χ2v) is 7.72. The number of Topliss-reactive ketones (excluding diaryl/α,β-unsaturated/α-hetero) is 1. The number of rotatable bonds is 7. The summed E-state index contributed by atoms with van der Waals surface area (Å²) in [6.45, 7) is 7.11. The Morgan fingerprint density at radius 1 is 1.11 bits per heavy atom. The average molecular weight is 365 g/mol. The van der Waals surface area contributed by atoms with E-state index >= 15 is 0 Å². The van der Waals surface area contributed by atoms with Crippen LogP contribution in [0.25, 0.3) is 0 Å². The smallest absolute Gasteiger partial charge is 0.134 e. The van der Waals surface area contributed by atoms with Gasteiger partial charge >= 0.3 is 0 Å². The number of hydrogen-bond acceptors (Lipinski definition) is 3. The van der Waals surface area contributed by atoms with Crippen LogP contribution in [0.1, 0.15) is 69.2 Å². The third kappa shape index (κ3) is 4.41. The van der Waals surface area contributed by atoms with E-state index in [2.05, 4.69) is 73.0 Å². The highest BCUT2D eigenvalue weighted by Gasteiger charge is 2.36. The second kappa shape index (κ2) is 8.71. The van der Waals surface area contributed by atoms with Crippen molar-refractivity contribution in [3.63, 3.8) is 0 Å². The monoisotopic (exact) mass is 364 g/mol. The Morgan fingerprint density at radius 2 is 1.89 bits per heavy atom. The van der Waals surface area contributed by atoms with Crippen LogP contribution in [0.5, 0.6) is 0 Å². The van der Waals surface area contributed by atoms with Crippen molar-refractivity contribution >= 4 is 11.5 Å². The quantitative estimate of drug-likeness (QED) is 0.704. The van der Waals surface area contributed by atoms with E-state index in [0.29, 0.717) is 18.6 Å². The standard InChI is InChI=1S/C24H32N2O/c1-4-10-18-13-14-21-22(15-18)25-17-24(6-3,16-20(27)5-2)26-23(21)19-11-8-7-9-12-19/h7-9,11-15,23,25-26H,4-6,10,16-17H2,1-3H3. The predicted octanol–water partition coefficient (Wildman–Crippen LogP) is 5.26. The van der Waals surface area contributed by atoms with Crippen LogP contribution < -0.4 is 10.6 Å². The first kappa shape index (κ1) is 19.6.